The van der Waals surface area contributed by atoms with Gasteiger partial charge in [0.15, 0.2) is 0 Å². The van der Waals surface area contributed by atoms with Gasteiger partial charge in [-0.05, 0) is 30.2 Å². The van der Waals surface area contributed by atoms with Gasteiger partial charge in [0.1, 0.15) is 5.82 Å². The van der Waals surface area contributed by atoms with Crippen molar-refractivity contribution in [2.24, 2.45) is 5.73 Å². The number of amides is 1. The van der Waals surface area contributed by atoms with Crippen molar-refractivity contribution in [3.05, 3.63) is 59.4 Å². The van der Waals surface area contributed by atoms with Crippen molar-refractivity contribution >= 4 is 33.5 Å². The lowest BCUT2D eigenvalue weighted by Crippen LogP contribution is -2.26. The third-order valence-electron chi connectivity index (χ3n) is 3.60. The normalized spacial score (nSPS) is 10.8. The van der Waals surface area contributed by atoms with Crippen LogP contribution in [0.1, 0.15) is 15.9 Å². The molecule has 1 amide bonds. The lowest BCUT2D eigenvalue weighted by atomic mass is 10.0. The highest BCUT2D eigenvalue weighted by atomic mass is 33.1. The van der Waals surface area contributed by atoms with E-state index in [9.17, 15) is 22.4 Å². The van der Waals surface area contributed by atoms with Crippen LogP contribution in [0.25, 0.3) is 11.1 Å². The molecule has 2 aromatic carbocycles. The Bertz CT molecular complexity index is 862. The van der Waals surface area contributed by atoms with Gasteiger partial charge in [-0.1, -0.05) is 57.5 Å². The van der Waals surface area contributed by atoms with Gasteiger partial charge in [0.2, 0.25) is 0 Å². The zero-order valence-corrected chi connectivity index (χ0v) is 18.2. The molecule has 4 N–H and O–H groups in total. The van der Waals surface area contributed by atoms with Crippen LogP contribution < -0.4 is 11.1 Å². The van der Waals surface area contributed by atoms with E-state index in [1.54, 1.807) is 27.7 Å². The Balaban J connectivity index is 0.000000592. The van der Waals surface area contributed by atoms with Crippen molar-refractivity contribution in [3.63, 3.8) is 0 Å². The van der Waals surface area contributed by atoms with Crippen LogP contribution in [0.15, 0.2) is 42.5 Å². The zero-order chi connectivity index (χ0) is 23.4. The first kappa shape index (κ1) is 26.8. The highest BCUT2D eigenvalue weighted by Gasteiger charge is 2.38. The van der Waals surface area contributed by atoms with Crippen LogP contribution >= 0.6 is 21.6 Å². The van der Waals surface area contributed by atoms with Crippen molar-refractivity contribution in [3.8, 4) is 11.1 Å². The summed E-state index contributed by atoms with van der Waals surface area (Å²) in [6.45, 7) is 3.15. The number of carbonyl (C=O) groups is 2. The summed E-state index contributed by atoms with van der Waals surface area (Å²) in [5.41, 5.74) is 8.32. The van der Waals surface area contributed by atoms with Gasteiger partial charge in [0.25, 0.3) is 5.91 Å². The summed E-state index contributed by atoms with van der Waals surface area (Å²) in [4.78, 5) is 21.0. The van der Waals surface area contributed by atoms with Crippen molar-refractivity contribution < 1.29 is 32.3 Å². The summed E-state index contributed by atoms with van der Waals surface area (Å²) in [5.74, 6) is -2.00. The minimum Gasteiger partial charge on any atom is -0.475 e. The second-order valence-corrected chi connectivity index (χ2v) is 8.75. The Morgan fingerprint density at radius 3 is 2.10 bits per heavy atom. The number of benzene rings is 2. The molecule has 0 heterocycles. The average Bonchev–Trinajstić information content (AvgIpc) is 2.70. The second kappa shape index (κ2) is 13.2. The number of nitrogens with one attached hydrogen (secondary N) is 1. The Morgan fingerprint density at radius 1 is 1.03 bits per heavy atom. The number of halogens is 4. The number of carbonyl (C=O) groups excluding carboxylic acids is 1. The highest BCUT2D eigenvalue weighted by Crippen LogP contribution is 2.23. The van der Waals surface area contributed by atoms with Crippen LogP contribution in [0.3, 0.4) is 0 Å². The summed E-state index contributed by atoms with van der Waals surface area (Å²) in [7, 11) is 3.32. The van der Waals surface area contributed by atoms with Crippen LogP contribution in [-0.4, -0.2) is 47.8 Å². The van der Waals surface area contributed by atoms with E-state index in [1.165, 1.54) is 12.1 Å². The van der Waals surface area contributed by atoms with Gasteiger partial charge in [0, 0.05) is 24.6 Å². The molecule has 0 saturated carbocycles. The fourth-order valence-corrected chi connectivity index (χ4v) is 3.86. The van der Waals surface area contributed by atoms with E-state index < -0.39 is 18.0 Å². The molecule has 0 saturated heterocycles. The number of nitrogens with two attached hydrogens (primary N) is 1. The molecule has 0 aliphatic rings. The van der Waals surface area contributed by atoms with Gasteiger partial charge in [-0.15, -0.1) is 0 Å². The highest BCUT2D eigenvalue weighted by molar-refractivity contribution is 8.76. The van der Waals surface area contributed by atoms with Crippen LogP contribution in [0, 0.1) is 12.7 Å². The van der Waals surface area contributed by atoms with Crippen molar-refractivity contribution in [2.45, 2.75) is 13.1 Å². The predicted molar refractivity (Wildman–Crippen MR) is 117 cm³/mol. The van der Waals surface area contributed by atoms with E-state index in [0.29, 0.717) is 13.1 Å². The summed E-state index contributed by atoms with van der Waals surface area (Å²) >= 11 is 0. The molecule has 0 radical (unpaired) electrons. The molecule has 0 bridgehead atoms. The Kier molecular flexibility index (Phi) is 11.4. The fourth-order valence-electron chi connectivity index (χ4n) is 2.09. The smallest absolute Gasteiger partial charge is 0.475 e. The maximum Gasteiger partial charge on any atom is 0.490 e. The minimum atomic E-state index is -5.08. The number of carboxylic acid groups (broad SMARTS) is 1. The molecular weight excluding hydrogens is 456 g/mol. The molecule has 0 aliphatic heterocycles. The average molecular weight is 479 g/mol. The molecule has 11 heteroatoms. The van der Waals surface area contributed by atoms with Crippen LogP contribution in [0.4, 0.5) is 17.6 Å². The maximum absolute atomic E-state index is 14.3. The van der Waals surface area contributed by atoms with Gasteiger partial charge in [-0.25, -0.2) is 9.18 Å². The molecule has 2 aromatic rings. The number of hydrogen-bond acceptors (Lipinski definition) is 5. The first-order chi connectivity index (χ1) is 14.6. The van der Waals surface area contributed by atoms with Gasteiger partial charge in [-0.2, -0.15) is 13.2 Å². The largest absolute Gasteiger partial charge is 0.490 e. The minimum absolute atomic E-state index is 0.0745. The first-order valence-electron chi connectivity index (χ1n) is 8.95. The number of hydrogen-bond donors (Lipinski definition) is 3. The van der Waals surface area contributed by atoms with E-state index in [-0.39, 0.29) is 11.5 Å². The lowest BCUT2D eigenvalue weighted by Gasteiger charge is -2.08. The van der Waals surface area contributed by atoms with Crippen LogP contribution in [-0.2, 0) is 4.79 Å². The Hall–Kier alpha value is -2.24. The van der Waals surface area contributed by atoms with Gasteiger partial charge in [-0.3, -0.25) is 4.79 Å². The Morgan fingerprint density at radius 2 is 1.58 bits per heavy atom. The van der Waals surface area contributed by atoms with Crippen molar-refractivity contribution in [1.82, 2.24) is 5.32 Å². The van der Waals surface area contributed by atoms with E-state index in [2.05, 4.69) is 5.32 Å². The van der Waals surface area contributed by atoms with Gasteiger partial charge < -0.3 is 16.2 Å². The molecule has 31 heavy (non-hydrogen) atoms. The number of alkyl halides is 3. The van der Waals surface area contributed by atoms with Gasteiger partial charge >= 0.3 is 12.1 Å². The summed E-state index contributed by atoms with van der Waals surface area (Å²) < 4.78 is 46.0. The Labute approximate surface area is 185 Å². The zero-order valence-electron chi connectivity index (χ0n) is 16.5. The lowest BCUT2D eigenvalue weighted by molar-refractivity contribution is -0.192. The van der Waals surface area contributed by atoms with Crippen molar-refractivity contribution in [2.75, 3.05) is 24.6 Å². The molecule has 0 aromatic heterocycles. The van der Waals surface area contributed by atoms with Crippen molar-refractivity contribution in [1.29, 1.82) is 0 Å². The molecule has 5 nitrogen and oxygen atoms in total. The standard InChI is InChI=1S/C18H21FN2OS2.C2HF3O2/c1-13-2-4-14(5-3-13)15-6-7-16(17(19)12-15)18(22)21-9-11-24-23-10-8-20;3-2(4,5)1(6)7/h2-7,12H,8-11,20H2,1H3,(H,21,22);(H,6,7). The maximum atomic E-state index is 14.3. The topological polar surface area (TPSA) is 92.4 Å². The van der Waals surface area contributed by atoms with Crippen LogP contribution in [0.2, 0.25) is 0 Å². The molecule has 0 unspecified atom stereocenters. The molecular formula is C20H22F4N2O3S2. The monoisotopic (exact) mass is 478 g/mol. The predicted octanol–water partition coefficient (Wildman–Crippen LogP) is 4.50. The van der Waals surface area contributed by atoms with E-state index >= 15 is 0 Å². The van der Waals surface area contributed by atoms with E-state index in [1.807, 2.05) is 31.2 Å². The van der Waals surface area contributed by atoms with Gasteiger partial charge in [0.05, 0.1) is 5.56 Å². The summed E-state index contributed by atoms with van der Waals surface area (Å²) in [6.07, 6.45) is -5.08. The molecule has 2 rings (SSSR count). The molecule has 0 spiro atoms. The number of aliphatic carboxylic acids is 1. The van der Waals surface area contributed by atoms with Crippen LogP contribution in [0.5, 0.6) is 0 Å². The quantitative estimate of drug-likeness (QED) is 0.294. The number of carboxylic acids is 1. The first-order valence-corrected chi connectivity index (χ1v) is 11.4. The molecule has 0 atom stereocenters. The molecule has 0 fully saturated rings. The fraction of sp³-hybridized carbons (Fsp3) is 0.300. The third-order valence-corrected chi connectivity index (χ3v) is 6.04. The number of rotatable bonds is 8. The summed E-state index contributed by atoms with van der Waals surface area (Å²) in [5, 5.41) is 9.86. The number of aryl methyl sites for hydroxylation is 1. The second-order valence-electron chi connectivity index (χ2n) is 6.05. The van der Waals surface area contributed by atoms with E-state index in [0.717, 1.165) is 28.2 Å². The molecule has 0 aliphatic carbocycles. The SMILES string of the molecule is Cc1ccc(-c2ccc(C(=O)NCCSSCCN)c(F)c2)cc1.O=C(O)C(F)(F)F. The van der Waals surface area contributed by atoms with E-state index in [4.69, 9.17) is 15.6 Å². The third kappa shape index (κ3) is 10.1. The molecule has 170 valence electrons. The summed E-state index contributed by atoms with van der Waals surface area (Å²) in [6, 6.07) is 12.6.